The summed E-state index contributed by atoms with van der Waals surface area (Å²) < 4.78 is 23.7. The molecule has 1 unspecified atom stereocenters. The van der Waals surface area contributed by atoms with E-state index in [0.717, 1.165) is 24.0 Å². The zero-order valence-corrected chi connectivity index (χ0v) is 16.9. The number of carbonyl (C=O) groups is 1. The molecule has 1 fully saturated rings. The first-order valence-corrected chi connectivity index (χ1v) is 9.77. The predicted molar refractivity (Wildman–Crippen MR) is 109 cm³/mol. The first kappa shape index (κ1) is 19.9. The summed E-state index contributed by atoms with van der Waals surface area (Å²) in [5, 5.41) is 7.21. The van der Waals surface area contributed by atoms with Gasteiger partial charge in [0, 0.05) is 12.1 Å². The Balaban J connectivity index is 1.50. The van der Waals surface area contributed by atoms with Crippen LogP contribution in [0.2, 0.25) is 0 Å². The van der Waals surface area contributed by atoms with Crippen LogP contribution >= 0.6 is 0 Å². The third kappa shape index (κ3) is 3.98. The molecule has 4 rings (SSSR count). The van der Waals surface area contributed by atoms with Gasteiger partial charge in [-0.25, -0.2) is 9.37 Å². The lowest BCUT2D eigenvalue weighted by molar-refractivity contribution is -0.131. The van der Waals surface area contributed by atoms with E-state index in [-0.39, 0.29) is 24.2 Å². The van der Waals surface area contributed by atoms with E-state index < -0.39 is 0 Å². The van der Waals surface area contributed by atoms with Crippen molar-refractivity contribution in [3.8, 4) is 22.9 Å². The van der Waals surface area contributed by atoms with Crippen molar-refractivity contribution in [1.82, 2.24) is 20.1 Å². The molecule has 1 aliphatic heterocycles. The van der Waals surface area contributed by atoms with E-state index in [4.69, 9.17) is 9.47 Å². The van der Waals surface area contributed by atoms with Gasteiger partial charge in [0.25, 0.3) is 0 Å². The van der Waals surface area contributed by atoms with E-state index in [1.165, 1.54) is 12.1 Å². The van der Waals surface area contributed by atoms with Crippen molar-refractivity contribution in [2.45, 2.75) is 25.3 Å². The Kier molecular flexibility index (Phi) is 5.65. The zero-order chi connectivity index (χ0) is 21.1. The standard InChI is InChI=1S/C22H23FN4O3/c1-29-18-10-5-14(12-19(18)30-2)13-20(28)27-11-3-4-17(27)22-24-21(25-26-22)15-6-8-16(23)9-7-15/h5-10,12,17H,3-4,11,13H2,1-2H3,(H,24,25,26). The lowest BCUT2D eigenvalue weighted by Crippen LogP contribution is -2.32. The number of halogens is 1. The van der Waals surface area contributed by atoms with Crippen molar-refractivity contribution in [2.75, 3.05) is 20.8 Å². The second-order valence-corrected chi connectivity index (χ2v) is 7.16. The highest BCUT2D eigenvalue weighted by atomic mass is 19.1. The van der Waals surface area contributed by atoms with Gasteiger partial charge in [0.05, 0.1) is 26.7 Å². The Bertz CT molecular complexity index is 1040. The van der Waals surface area contributed by atoms with E-state index in [2.05, 4.69) is 15.2 Å². The molecule has 30 heavy (non-hydrogen) atoms. The molecular weight excluding hydrogens is 387 g/mol. The number of nitrogens with one attached hydrogen (secondary N) is 1. The number of carbonyl (C=O) groups excluding carboxylic acids is 1. The number of ether oxygens (including phenoxy) is 2. The number of aromatic nitrogens is 3. The van der Waals surface area contributed by atoms with Crippen LogP contribution < -0.4 is 9.47 Å². The maximum atomic E-state index is 13.2. The van der Waals surface area contributed by atoms with Crippen molar-refractivity contribution >= 4 is 5.91 Å². The van der Waals surface area contributed by atoms with Crippen molar-refractivity contribution in [2.24, 2.45) is 0 Å². The fourth-order valence-electron chi connectivity index (χ4n) is 3.77. The number of amides is 1. The molecule has 0 bridgehead atoms. The van der Waals surface area contributed by atoms with Crippen LogP contribution in [0, 0.1) is 5.82 Å². The number of rotatable bonds is 6. The number of hydrogen-bond acceptors (Lipinski definition) is 5. The molecule has 1 saturated heterocycles. The monoisotopic (exact) mass is 410 g/mol. The molecule has 3 aromatic rings. The minimum Gasteiger partial charge on any atom is -0.493 e. The summed E-state index contributed by atoms with van der Waals surface area (Å²) in [5.74, 6) is 2.07. The first-order valence-electron chi connectivity index (χ1n) is 9.77. The van der Waals surface area contributed by atoms with Crippen LogP contribution in [0.3, 0.4) is 0 Å². The van der Waals surface area contributed by atoms with Gasteiger partial charge in [0.1, 0.15) is 11.6 Å². The fraction of sp³-hybridized carbons (Fsp3) is 0.318. The summed E-state index contributed by atoms with van der Waals surface area (Å²) >= 11 is 0. The van der Waals surface area contributed by atoms with Crippen LogP contribution in [0.15, 0.2) is 42.5 Å². The highest BCUT2D eigenvalue weighted by Crippen LogP contribution is 2.32. The number of methoxy groups -OCH3 is 2. The second kappa shape index (κ2) is 8.52. The highest BCUT2D eigenvalue weighted by molar-refractivity contribution is 5.79. The molecule has 2 heterocycles. The lowest BCUT2D eigenvalue weighted by atomic mass is 10.1. The normalized spacial score (nSPS) is 16.0. The van der Waals surface area contributed by atoms with Gasteiger partial charge in [-0.3, -0.25) is 9.89 Å². The number of hydrogen-bond donors (Lipinski definition) is 1. The molecule has 1 aromatic heterocycles. The lowest BCUT2D eigenvalue weighted by Gasteiger charge is -2.23. The van der Waals surface area contributed by atoms with E-state index in [9.17, 15) is 9.18 Å². The molecule has 156 valence electrons. The minimum absolute atomic E-state index is 0.0180. The summed E-state index contributed by atoms with van der Waals surface area (Å²) in [6, 6.07) is 11.4. The van der Waals surface area contributed by atoms with Crippen LogP contribution in [0.25, 0.3) is 11.4 Å². The summed E-state index contributed by atoms with van der Waals surface area (Å²) in [6.07, 6.45) is 1.97. The van der Waals surface area contributed by atoms with Crippen molar-refractivity contribution in [1.29, 1.82) is 0 Å². The summed E-state index contributed by atoms with van der Waals surface area (Å²) in [4.78, 5) is 19.4. The smallest absolute Gasteiger partial charge is 0.227 e. The molecule has 1 N–H and O–H groups in total. The highest BCUT2D eigenvalue weighted by Gasteiger charge is 2.32. The van der Waals surface area contributed by atoms with Gasteiger partial charge in [-0.2, -0.15) is 5.10 Å². The molecule has 1 amide bonds. The minimum atomic E-state index is -0.308. The summed E-state index contributed by atoms with van der Waals surface area (Å²) in [7, 11) is 3.15. The van der Waals surface area contributed by atoms with Crippen molar-refractivity contribution in [3.63, 3.8) is 0 Å². The van der Waals surface area contributed by atoms with Crippen molar-refractivity contribution in [3.05, 3.63) is 59.7 Å². The average molecular weight is 410 g/mol. The van der Waals surface area contributed by atoms with Crippen LogP contribution in [0.4, 0.5) is 4.39 Å². The Morgan fingerprint density at radius 2 is 1.93 bits per heavy atom. The van der Waals surface area contributed by atoms with E-state index >= 15 is 0 Å². The SMILES string of the molecule is COc1ccc(CC(=O)N2CCCC2c2nc(-c3ccc(F)cc3)n[nH]2)cc1OC. The van der Waals surface area contributed by atoms with Crippen LogP contribution in [0.1, 0.15) is 30.3 Å². The Labute approximate surface area is 173 Å². The van der Waals surface area contributed by atoms with E-state index in [0.29, 0.717) is 29.7 Å². The van der Waals surface area contributed by atoms with Gasteiger partial charge in [-0.15, -0.1) is 0 Å². The van der Waals surface area contributed by atoms with Gasteiger partial charge in [0.2, 0.25) is 5.91 Å². The van der Waals surface area contributed by atoms with Crippen LogP contribution in [-0.2, 0) is 11.2 Å². The van der Waals surface area contributed by atoms with Crippen molar-refractivity contribution < 1.29 is 18.7 Å². The predicted octanol–water partition coefficient (Wildman–Crippen LogP) is 3.53. The Hall–Kier alpha value is -3.42. The number of likely N-dealkylation sites (tertiary alicyclic amines) is 1. The molecule has 1 atom stereocenters. The largest absolute Gasteiger partial charge is 0.493 e. The molecule has 7 nitrogen and oxygen atoms in total. The number of aromatic amines is 1. The average Bonchev–Trinajstić information content (AvgIpc) is 3.43. The molecule has 0 saturated carbocycles. The van der Waals surface area contributed by atoms with Crippen LogP contribution in [0.5, 0.6) is 11.5 Å². The molecule has 0 spiro atoms. The third-order valence-electron chi connectivity index (χ3n) is 5.30. The van der Waals surface area contributed by atoms with E-state index in [1.807, 2.05) is 17.0 Å². The first-order chi connectivity index (χ1) is 14.6. The summed E-state index contributed by atoms with van der Waals surface area (Å²) in [6.45, 7) is 0.670. The Morgan fingerprint density at radius 1 is 1.17 bits per heavy atom. The molecule has 0 aliphatic carbocycles. The Morgan fingerprint density at radius 3 is 2.67 bits per heavy atom. The molecule has 8 heteroatoms. The van der Waals surface area contributed by atoms with Gasteiger partial charge in [0.15, 0.2) is 17.3 Å². The third-order valence-corrected chi connectivity index (χ3v) is 5.30. The topological polar surface area (TPSA) is 80.3 Å². The summed E-state index contributed by atoms with van der Waals surface area (Å²) in [5.41, 5.74) is 1.58. The molecule has 0 radical (unpaired) electrons. The van der Waals surface area contributed by atoms with E-state index in [1.54, 1.807) is 32.4 Å². The van der Waals surface area contributed by atoms with Gasteiger partial charge in [-0.1, -0.05) is 6.07 Å². The van der Waals surface area contributed by atoms with Gasteiger partial charge in [-0.05, 0) is 54.8 Å². The van der Waals surface area contributed by atoms with Gasteiger partial charge >= 0.3 is 0 Å². The number of benzene rings is 2. The fourth-order valence-corrected chi connectivity index (χ4v) is 3.77. The second-order valence-electron chi connectivity index (χ2n) is 7.16. The van der Waals surface area contributed by atoms with Crippen LogP contribution in [-0.4, -0.2) is 46.8 Å². The maximum Gasteiger partial charge on any atom is 0.227 e. The van der Waals surface area contributed by atoms with Gasteiger partial charge < -0.3 is 14.4 Å². The molecular formula is C22H23FN4O3. The zero-order valence-electron chi connectivity index (χ0n) is 16.9. The molecule has 1 aliphatic rings. The molecule has 2 aromatic carbocycles. The number of H-pyrrole nitrogens is 1. The maximum absolute atomic E-state index is 13.2. The quantitative estimate of drug-likeness (QED) is 0.672. The number of nitrogens with zero attached hydrogens (tertiary/aromatic N) is 3.